The molecule has 3 nitrogen and oxygen atoms in total. The van der Waals surface area contributed by atoms with Crippen molar-refractivity contribution in [3.63, 3.8) is 0 Å². The Morgan fingerprint density at radius 2 is 1.69 bits per heavy atom. The van der Waals surface area contributed by atoms with Crippen LogP contribution in [0.25, 0.3) is 0 Å². The van der Waals surface area contributed by atoms with Gasteiger partial charge in [-0.15, -0.1) is 0 Å². The summed E-state index contributed by atoms with van der Waals surface area (Å²) in [5.41, 5.74) is 6.10. The van der Waals surface area contributed by atoms with Gasteiger partial charge in [0, 0.05) is 44.0 Å². The predicted molar refractivity (Wildman–Crippen MR) is 122 cm³/mol. The maximum Gasteiger partial charge on any atom is 0.0404 e. The summed E-state index contributed by atoms with van der Waals surface area (Å²) in [7, 11) is 2.29. The number of rotatable bonds is 5. The molecule has 2 aromatic carbocycles. The minimum absolute atomic E-state index is 0.715. The van der Waals surface area contributed by atoms with Crippen LogP contribution in [0.3, 0.4) is 0 Å². The lowest BCUT2D eigenvalue weighted by molar-refractivity contribution is 0.202. The summed E-state index contributed by atoms with van der Waals surface area (Å²) < 4.78 is 0. The standard InChI is InChI=1S/C26H35N3/c1-27-14-5-8-25(27)18-22-9-10-23-11-17-29(26(23)19-22)24-12-15-28(16-13-24)20-21-6-3-2-4-7-21/h2-4,6-7,9-10,19,24-25H,5,8,11-18,20H2,1H3/t25-/m0/s1. The van der Waals surface area contributed by atoms with Crippen molar-refractivity contribution < 1.29 is 0 Å². The van der Waals surface area contributed by atoms with E-state index < -0.39 is 0 Å². The number of likely N-dealkylation sites (tertiary alicyclic amines) is 2. The molecule has 3 heteroatoms. The van der Waals surface area contributed by atoms with Crippen molar-refractivity contribution in [2.45, 2.75) is 57.2 Å². The summed E-state index contributed by atoms with van der Waals surface area (Å²) in [5.74, 6) is 0. The average molecular weight is 390 g/mol. The molecule has 29 heavy (non-hydrogen) atoms. The molecule has 0 unspecified atom stereocenters. The zero-order chi connectivity index (χ0) is 19.6. The third-order valence-corrected chi connectivity index (χ3v) is 7.47. The second-order valence-electron chi connectivity index (χ2n) is 9.38. The van der Waals surface area contributed by atoms with E-state index in [1.165, 1.54) is 75.8 Å². The fourth-order valence-corrected chi connectivity index (χ4v) is 5.70. The summed E-state index contributed by atoms with van der Waals surface area (Å²) in [4.78, 5) is 7.93. The molecule has 2 aromatic rings. The van der Waals surface area contributed by atoms with E-state index in [1.807, 2.05) is 0 Å². The topological polar surface area (TPSA) is 9.72 Å². The number of likely N-dealkylation sites (N-methyl/N-ethyl adjacent to an activating group) is 1. The highest BCUT2D eigenvalue weighted by molar-refractivity contribution is 5.60. The Bertz CT molecular complexity index is 810. The molecule has 1 atom stereocenters. The molecule has 5 rings (SSSR count). The lowest BCUT2D eigenvalue weighted by Crippen LogP contribution is -2.44. The minimum atomic E-state index is 0.715. The van der Waals surface area contributed by atoms with Gasteiger partial charge in [0.1, 0.15) is 0 Å². The van der Waals surface area contributed by atoms with Gasteiger partial charge in [0.15, 0.2) is 0 Å². The summed E-state index contributed by atoms with van der Waals surface area (Å²) in [6, 6.07) is 19.7. The molecule has 0 spiro atoms. The summed E-state index contributed by atoms with van der Waals surface area (Å²) in [5, 5.41) is 0. The average Bonchev–Trinajstić information content (AvgIpc) is 3.35. The van der Waals surface area contributed by atoms with Gasteiger partial charge < -0.3 is 9.80 Å². The Balaban J connectivity index is 1.22. The van der Waals surface area contributed by atoms with Crippen molar-refractivity contribution in [2.75, 3.05) is 38.1 Å². The Hall–Kier alpha value is -1.84. The van der Waals surface area contributed by atoms with Crippen LogP contribution >= 0.6 is 0 Å². The molecule has 3 aliphatic heterocycles. The third kappa shape index (κ3) is 4.22. The maximum atomic E-state index is 2.75. The van der Waals surface area contributed by atoms with Crippen LogP contribution in [0.4, 0.5) is 5.69 Å². The number of hydrogen-bond acceptors (Lipinski definition) is 3. The highest BCUT2D eigenvalue weighted by Gasteiger charge is 2.30. The minimum Gasteiger partial charge on any atom is -0.368 e. The molecule has 0 bridgehead atoms. The zero-order valence-corrected chi connectivity index (χ0v) is 17.9. The van der Waals surface area contributed by atoms with Crippen LogP contribution in [0, 0.1) is 0 Å². The quantitative estimate of drug-likeness (QED) is 0.753. The Morgan fingerprint density at radius 1 is 0.862 bits per heavy atom. The normalized spacial score (nSPS) is 23.6. The maximum absolute atomic E-state index is 2.75. The van der Waals surface area contributed by atoms with Crippen molar-refractivity contribution in [1.29, 1.82) is 0 Å². The lowest BCUT2D eigenvalue weighted by Gasteiger charge is -2.38. The van der Waals surface area contributed by atoms with E-state index in [9.17, 15) is 0 Å². The number of hydrogen-bond donors (Lipinski definition) is 0. The van der Waals surface area contributed by atoms with Gasteiger partial charge in [-0.2, -0.15) is 0 Å². The van der Waals surface area contributed by atoms with E-state index in [4.69, 9.17) is 0 Å². The van der Waals surface area contributed by atoms with Crippen molar-refractivity contribution in [1.82, 2.24) is 9.80 Å². The van der Waals surface area contributed by atoms with Gasteiger partial charge in [-0.3, -0.25) is 4.90 Å². The molecule has 0 N–H and O–H groups in total. The number of piperidine rings is 1. The van der Waals surface area contributed by atoms with Crippen LogP contribution in [0.15, 0.2) is 48.5 Å². The van der Waals surface area contributed by atoms with E-state index >= 15 is 0 Å². The summed E-state index contributed by atoms with van der Waals surface area (Å²) >= 11 is 0. The van der Waals surface area contributed by atoms with Gasteiger partial charge in [-0.05, 0) is 74.9 Å². The van der Waals surface area contributed by atoms with Crippen LogP contribution < -0.4 is 4.90 Å². The van der Waals surface area contributed by atoms with E-state index in [2.05, 4.69) is 70.3 Å². The largest absolute Gasteiger partial charge is 0.368 e. The number of nitrogens with zero attached hydrogens (tertiary/aromatic N) is 3. The smallest absolute Gasteiger partial charge is 0.0404 e. The second kappa shape index (κ2) is 8.49. The monoisotopic (exact) mass is 389 g/mol. The van der Waals surface area contributed by atoms with Crippen molar-refractivity contribution in [3.8, 4) is 0 Å². The van der Waals surface area contributed by atoms with Gasteiger partial charge in [-0.1, -0.05) is 42.5 Å². The first kappa shape index (κ1) is 19.1. The molecule has 0 radical (unpaired) electrons. The van der Waals surface area contributed by atoms with Gasteiger partial charge in [0.2, 0.25) is 0 Å². The lowest BCUT2D eigenvalue weighted by atomic mass is 9.99. The predicted octanol–water partition coefficient (Wildman–Crippen LogP) is 4.35. The fraction of sp³-hybridized carbons (Fsp3) is 0.538. The Kier molecular flexibility index (Phi) is 5.61. The molecule has 0 aliphatic carbocycles. The molecule has 154 valence electrons. The highest BCUT2D eigenvalue weighted by atomic mass is 15.2. The highest BCUT2D eigenvalue weighted by Crippen LogP contribution is 2.34. The van der Waals surface area contributed by atoms with Crippen LogP contribution in [0.1, 0.15) is 42.4 Å². The van der Waals surface area contributed by atoms with Crippen LogP contribution in [-0.2, 0) is 19.4 Å². The first-order valence-corrected chi connectivity index (χ1v) is 11.6. The molecule has 0 amide bonds. The molecule has 0 saturated carbocycles. The van der Waals surface area contributed by atoms with E-state index in [-0.39, 0.29) is 0 Å². The molecule has 2 fully saturated rings. The van der Waals surface area contributed by atoms with E-state index in [0.717, 1.165) is 12.6 Å². The van der Waals surface area contributed by atoms with Crippen LogP contribution in [-0.4, -0.2) is 55.1 Å². The molecule has 0 aromatic heterocycles. The van der Waals surface area contributed by atoms with E-state index in [1.54, 1.807) is 11.3 Å². The Morgan fingerprint density at radius 3 is 2.45 bits per heavy atom. The third-order valence-electron chi connectivity index (χ3n) is 7.47. The molecular formula is C26H35N3. The second-order valence-corrected chi connectivity index (χ2v) is 9.38. The van der Waals surface area contributed by atoms with Gasteiger partial charge >= 0.3 is 0 Å². The number of anilines is 1. The van der Waals surface area contributed by atoms with Crippen molar-refractivity contribution in [2.24, 2.45) is 0 Å². The first-order chi connectivity index (χ1) is 14.3. The number of fused-ring (bicyclic) bond motifs is 1. The van der Waals surface area contributed by atoms with Gasteiger partial charge in [0.05, 0.1) is 0 Å². The van der Waals surface area contributed by atoms with Gasteiger partial charge in [0.25, 0.3) is 0 Å². The summed E-state index contributed by atoms with van der Waals surface area (Å²) in [6.07, 6.45) is 7.75. The van der Waals surface area contributed by atoms with Crippen LogP contribution in [0.5, 0.6) is 0 Å². The van der Waals surface area contributed by atoms with Gasteiger partial charge in [-0.25, -0.2) is 0 Å². The zero-order valence-electron chi connectivity index (χ0n) is 17.9. The van der Waals surface area contributed by atoms with Crippen molar-refractivity contribution in [3.05, 3.63) is 65.2 Å². The molecule has 3 heterocycles. The number of benzene rings is 2. The van der Waals surface area contributed by atoms with Crippen LogP contribution in [0.2, 0.25) is 0 Å². The fourth-order valence-electron chi connectivity index (χ4n) is 5.70. The van der Waals surface area contributed by atoms with Crippen molar-refractivity contribution >= 4 is 5.69 Å². The molecule has 2 saturated heterocycles. The molecule has 3 aliphatic rings. The first-order valence-electron chi connectivity index (χ1n) is 11.6. The SMILES string of the molecule is CN1CCC[C@H]1Cc1ccc2c(c1)N(C1CCN(Cc3ccccc3)CC1)CC2. The Labute approximate surface area is 176 Å². The molecular weight excluding hydrogens is 354 g/mol. The summed E-state index contributed by atoms with van der Waals surface area (Å²) in [6.45, 7) is 6.02. The van der Waals surface area contributed by atoms with E-state index in [0.29, 0.717) is 6.04 Å².